The minimum Gasteiger partial charge on any atom is -0.347 e. The molecular weight excluding hydrogens is 313 g/mol. The second-order valence-corrected chi connectivity index (χ2v) is 6.59. The number of rotatable bonds is 2. The normalized spacial score (nSPS) is 29.3. The van der Waals surface area contributed by atoms with Gasteiger partial charge in [-0.15, -0.1) is 0 Å². The second-order valence-electron chi connectivity index (χ2n) is 6.59. The van der Waals surface area contributed by atoms with E-state index < -0.39 is 5.79 Å². The van der Waals surface area contributed by atoms with Crippen LogP contribution < -0.4 is 10.9 Å². The van der Waals surface area contributed by atoms with Crippen molar-refractivity contribution in [1.82, 2.24) is 15.8 Å². The Kier molecular flexibility index (Phi) is 4.26. The average Bonchev–Trinajstić information content (AvgIpc) is 3.26. The Morgan fingerprint density at radius 1 is 1.17 bits per heavy atom. The van der Waals surface area contributed by atoms with E-state index in [1.54, 1.807) is 12.1 Å². The number of ether oxygens (including phenoxy) is 2. The number of carbonyl (C=O) groups is 1. The summed E-state index contributed by atoms with van der Waals surface area (Å²) in [6.07, 6.45) is 1.43. The van der Waals surface area contributed by atoms with Crippen LogP contribution in [0, 0.1) is 11.7 Å². The lowest BCUT2D eigenvalue weighted by Gasteiger charge is -2.38. The highest BCUT2D eigenvalue weighted by Crippen LogP contribution is 2.33. The van der Waals surface area contributed by atoms with E-state index in [0.717, 1.165) is 5.56 Å². The van der Waals surface area contributed by atoms with Gasteiger partial charge < -0.3 is 14.4 Å². The molecule has 2 atom stereocenters. The maximum atomic E-state index is 13.1. The minimum atomic E-state index is -0.473. The summed E-state index contributed by atoms with van der Waals surface area (Å²) < 4.78 is 24.6. The summed E-state index contributed by atoms with van der Waals surface area (Å²) in [6.45, 7) is 3.13. The highest BCUT2D eigenvalue weighted by Gasteiger charge is 2.43. The number of hydrogen-bond donors (Lipinski definition) is 2. The third kappa shape index (κ3) is 2.93. The van der Waals surface area contributed by atoms with Crippen LogP contribution in [0.2, 0.25) is 0 Å². The highest BCUT2D eigenvalue weighted by atomic mass is 19.1. The highest BCUT2D eigenvalue weighted by molar-refractivity contribution is 5.80. The van der Waals surface area contributed by atoms with Crippen molar-refractivity contribution in [1.29, 1.82) is 0 Å². The zero-order valence-electron chi connectivity index (χ0n) is 13.5. The van der Waals surface area contributed by atoms with Crippen LogP contribution in [0.3, 0.4) is 0 Å². The first-order chi connectivity index (χ1) is 11.7. The Hall–Kier alpha value is -1.54. The lowest BCUT2D eigenvalue weighted by molar-refractivity contribution is -0.188. The fourth-order valence-corrected chi connectivity index (χ4v) is 3.80. The molecule has 7 heteroatoms. The topological polar surface area (TPSA) is 62.8 Å². The summed E-state index contributed by atoms with van der Waals surface area (Å²) in [5.74, 6) is -0.825. The Balaban J connectivity index is 1.43. The van der Waals surface area contributed by atoms with Crippen molar-refractivity contribution in [3.05, 3.63) is 35.6 Å². The van der Waals surface area contributed by atoms with Crippen molar-refractivity contribution >= 4 is 5.91 Å². The first-order valence-corrected chi connectivity index (χ1v) is 8.47. The first-order valence-electron chi connectivity index (χ1n) is 8.47. The molecule has 0 bridgehead atoms. The molecule has 3 fully saturated rings. The fourth-order valence-electron chi connectivity index (χ4n) is 3.80. The number of halogens is 1. The molecule has 1 spiro atoms. The molecule has 0 saturated carbocycles. The van der Waals surface area contributed by atoms with Gasteiger partial charge in [0.05, 0.1) is 25.2 Å². The molecule has 130 valence electrons. The Morgan fingerprint density at radius 3 is 2.50 bits per heavy atom. The van der Waals surface area contributed by atoms with E-state index in [2.05, 4.69) is 10.9 Å². The number of piperidine rings is 1. The smallest absolute Gasteiger partial charge is 0.229 e. The monoisotopic (exact) mass is 335 g/mol. The van der Waals surface area contributed by atoms with Crippen molar-refractivity contribution < 1.29 is 18.7 Å². The van der Waals surface area contributed by atoms with E-state index in [4.69, 9.17) is 9.47 Å². The molecule has 3 aliphatic heterocycles. The van der Waals surface area contributed by atoms with Crippen molar-refractivity contribution in [2.45, 2.75) is 24.7 Å². The van der Waals surface area contributed by atoms with Gasteiger partial charge in [-0.2, -0.15) is 0 Å². The number of benzene rings is 1. The lowest BCUT2D eigenvalue weighted by Crippen LogP contribution is -2.49. The van der Waals surface area contributed by atoms with Crippen LogP contribution in [0.1, 0.15) is 24.4 Å². The number of nitrogens with zero attached hydrogens (tertiary/aromatic N) is 1. The minimum absolute atomic E-state index is 0.120. The van der Waals surface area contributed by atoms with Crippen molar-refractivity contribution in [2.24, 2.45) is 5.92 Å². The number of nitrogens with one attached hydrogen (secondary N) is 2. The molecule has 1 aromatic carbocycles. The van der Waals surface area contributed by atoms with Gasteiger partial charge in [-0.3, -0.25) is 10.2 Å². The second kappa shape index (κ2) is 6.40. The van der Waals surface area contributed by atoms with Crippen LogP contribution in [0.25, 0.3) is 0 Å². The zero-order valence-corrected chi connectivity index (χ0v) is 13.5. The average molecular weight is 335 g/mol. The van der Waals surface area contributed by atoms with E-state index in [1.807, 2.05) is 4.90 Å². The molecule has 3 aliphatic rings. The standard InChI is InChI=1S/C17H22FN3O3/c18-13-3-1-12(2-4-13)15-14(11-19-20-15)16(22)21-7-5-17(6-8-21)23-9-10-24-17/h1-4,14-15,19-20H,5-11H2. The number of likely N-dealkylation sites (tertiary alicyclic amines) is 1. The third-order valence-electron chi connectivity index (χ3n) is 5.18. The van der Waals surface area contributed by atoms with Gasteiger partial charge in [0.2, 0.25) is 5.91 Å². The van der Waals surface area contributed by atoms with Crippen LogP contribution in [0.5, 0.6) is 0 Å². The molecule has 3 saturated heterocycles. The van der Waals surface area contributed by atoms with Gasteiger partial charge in [-0.25, -0.2) is 9.82 Å². The Labute approximate surface area is 140 Å². The van der Waals surface area contributed by atoms with Crippen molar-refractivity contribution in [2.75, 3.05) is 32.8 Å². The Morgan fingerprint density at radius 2 is 1.83 bits per heavy atom. The zero-order chi connectivity index (χ0) is 16.6. The van der Waals surface area contributed by atoms with Crippen molar-refractivity contribution in [3.63, 3.8) is 0 Å². The van der Waals surface area contributed by atoms with Crippen LogP contribution in [0.15, 0.2) is 24.3 Å². The van der Waals surface area contributed by atoms with Gasteiger partial charge in [0, 0.05) is 32.5 Å². The van der Waals surface area contributed by atoms with Gasteiger partial charge in [0.25, 0.3) is 0 Å². The molecule has 0 radical (unpaired) electrons. The summed E-state index contributed by atoms with van der Waals surface area (Å²) in [7, 11) is 0. The molecule has 3 heterocycles. The number of carbonyl (C=O) groups excluding carboxylic acids is 1. The van der Waals surface area contributed by atoms with Gasteiger partial charge in [0.15, 0.2) is 5.79 Å². The summed E-state index contributed by atoms with van der Waals surface area (Å²) in [4.78, 5) is 14.8. The summed E-state index contributed by atoms with van der Waals surface area (Å²) in [6, 6.07) is 6.16. The van der Waals surface area contributed by atoms with E-state index in [-0.39, 0.29) is 23.7 Å². The largest absolute Gasteiger partial charge is 0.347 e. The summed E-state index contributed by atoms with van der Waals surface area (Å²) in [5, 5.41) is 0. The maximum absolute atomic E-state index is 13.1. The molecule has 4 rings (SSSR count). The number of hydrazine groups is 1. The van der Waals surface area contributed by atoms with Gasteiger partial charge in [0.1, 0.15) is 5.82 Å². The van der Waals surface area contributed by atoms with Crippen molar-refractivity contribution in [3.8, 4) is 0 Å². The van der Waals surface area contributed by atoms with Crippen LogP contribution in [0.4, 0.5) is 4.39 Å². The summed E-state index contributed by atoms with van der Waals surface area (Å²) in [5.41, 5.74) is 7.12. The van der Waals surface area contributed by atoms with Crippen LogP contribution in [-0.4, -0.2) is 49.4 Å². The van der Waals surface area contributed by atoms with E-state index in [0.29, 0.717) is 45.7 Å². The van der Waals surface area contributed by atoms with E-state index >= 15 is 0 Å². The number of amides is 1. The molecule has 0 aromatic heterocycles. The molecular formula is C17H22FN3O3. The molecule has 6 nitrogen and oxygen atoms in total. The van der Waals surface area contributed by atoms with Crippen LogP contribution >= 0.6 is 0 Å². The van der Waals surface area contributed by atoms with Gasteiger partial charge in [-0.05, 0) is 17.7 Å². The predicted molar refractivity (Wildman–Crippen MR) is 84.2 cm³/mol. The van der Waals surface area contributed by atoms with E-state index in [1.165, 1.54) is 12.1 Å². The molecule has 2 N–H and O–H groups in total. The third-order valence-corrected chi connectivity index (χ3v) is 5.18. The molecule has 24 heavy (non-hydrogen) atoms. The molecule has 0 aliphatic carbocycles. The quantitative estimate of drug-likeness (QED) is 0.843. The molecule has 1 aromatic rings. The maximum Gasteiger partial charge on any atom is 0.229 e. The lowest BCUT2D eigenvalue weighted by atomic mass is 9.92. The predicted octanol–water partition coefficient (Wildman–Crippen LogP) is 0.956. The van der Waals surface area contributed by atoms with E-state index in [9.17, 15) is 9.18 Å². The summed E-state index contributed by atoms with van der Waals surface area (Å²) >= 11 is 0. The first kappa shape index (κ1) is 16.0. The molecule has 1 amide bonds. The SMILES string of the molecule is O=C(C1CNNC1c1ccc(F)cc1)N1CCC2(CC1)OCCO2. The molecule has 2 unspecified atom stereocenters. The van der Waals surface area contributed by atoms with Gasteiger partial charge in [-0.1, -0.05) is 12.1 Å². The Bertz CT molecular complexity index is 594. The van der Waals surface area contributed by atoms with Crippen LogP contribution in [-0.2, 0) is 14.3 Å². The number of hydrogen-bond acceptors (Lipinski definition) is 5. The fraction of sp³-hybridized carbons (Fsp3) is 0.588. The van der Waals surface area contributed by atoms with Gasteiger partial charge >= 0.3 is 0 Å².